The summed E-state index contributed by atoms with van der Waals surface area (Å²) in [5.74, 6) is 0.931. The first-order valence-corrected chi connectivity index (χ1v) is 6.58. The van der Waals surface area contributed by atoms with Gasteiger partial charge in [0, 0.05) is 12.3 Å². The van der Waals surface area contributed by atoms with E-state index in [1.54, 1.807) is 0 Å². The number of nitrogens with one attached hydrogen (secondary N) is 1. The minimum absolute atomic E-state index is 0.681. The van der Waals surface area contributed by atoms with Gasteiger partial charge in [0.25, 0.3) is 0 Å². The third-order valence-corrected chi connectivity index (χ3v) is 2.26. The van der Waals surface area contributed by atoms with E-state index in [-0.39, 0.29) is 0 Å². The number of hydrogen-bond acceptors (Lipinski definition) is 5. The van der Waals surface area contributed by atoms with Crippen molar-refractivity contribution in [2.75, 3.05) is 45.3 Å². The van der Waals surface area contributed by atoms with Crippen LogP contribution in [0.5, 0.6) is 0 Å². The molecule has 0 saturated heterocycles. The fourth-order valence-electron chi connectivity index (χ4n) is 0.739. The zero-order valence-electron chi connectivity index (χ0n) is 8.12. The van der Waals surface area contributed by atoms with E-state index < -0.39 is 0 Å². The van der Waals surface area contributed by atoms with Crippen molar-refractivity contribution in [2.24, 2.45) is 0 Å². The largest absolute Gasteiger partial charge is 0.378 e. The van der Waals surface area contributed by atoms with E-state index >= 15 is 0 Å². The summed E-state index contributed by atoms with van der Waals surface area (Å²) in [6.07, 6.45) is 0. The molecule has 3 nitrogen and oxygen atoms in total. The lowest BCUT2D eigenvalue weighted by Crippen LogP contribution is -2.20. The fourth-order valence-corrected chi connectivity index (χ4v) is 1.16. The Balaban J connectivity index is 2.76. The second-order valence-corrected chi connectivity index (χ2v) is 3.85. The maximum atomic E-state index is 5.30. The molecule has 5 heteroatoms. The molecule has 13 heavy (non-hydrogen) atoms. The summed E-state index contributed by atoms with van der Waals surface area (Å²) < 4.78 is 10.6. The zero-order valence-corrected chi connectivity index (χ0v) is 9.83. The van der Waals surface area contributed by atoms with E-state index in [4.69, 9.17) is 9.47 Å². The molecule has 0 unspecified atom stereocenters. The summed E-state index contributed by atoms with van der Waals surface area (Å²) >= 11 is 4.00. The van der Waals surface area contributed by atoms with Gasteiger partial charge in [-0.2, -0.15) is 0 Å². The van der Waals surface area contributed by atoms with Crippen LogP contribution in [0.2, 0.25) is 0 Å². The summed E-state index contributed by atoms with van der Waals surface area (Å²) in [5.41, 5.74) is 0. The van der Waals surface area contributed by atoms with Crippen molar-refractivity contribution in [3.05, 3.63) is 0 Å². The second-order valence-electron chi connectivity index (χ2n) is 2.41. The van der Waals surface area contributed by atoms with Crippen molar-refractivity contribution in [1.82, 2.24) is 5.32 Å². The molecule has 0 aromatic heterocycles. The SMILES string of the molecule is CCNCCOCCOCCSS. The van der Waals surface area contributed by atoms with Crippen LogP contribution in [0.15, 0.2) is 0 Å². The lowest BCUT2D eigenvalue weighted by molar-refractivity contribution is 0.0552. The van der Waals surface area contributed by atoms with Gasteiger partial charge >= 0.3 is 0 Å². The van der Waals surface area contributed by atoms with Gasteiger partial charge in [-0.15, -0.1) is 11.7 Å². The van der Waals surface area contributed by atoms with Gasteiger partial charge in [-0.05, 0) is 6.54 Å². The number of ether oxygens (including phenoxy) is 2. The predicted molar refractivity (Wildman–Crippen MR) is 61.6 cm³/mol. The highest BCUT2D eigenvalue weighted by atomic mass is 33.1. The molecule has 0 heterocycles. The van der Waals surface area contributed by atoms with Crippen LogP contribution in [-0.4, -0.2) is 45.3 Å². The van der Waals surface area contributed by atoms with Crippen LogP contribution < -0.4 is 5.32 Å². The lowest BCUT2D eigenvalue weighted by atomic mass is 10.6. The number of thiol groups is 1. The molecule has 0 rings (SSSR count). The maximum absolute atomic E-state index is 5.30. The van der Waals surface area contributed by atoms with Crippen LogP contribution >= 0.6 is 22.5 Å². The highest BCUT2D eigenvalue weighted by Crippen LogP contribution is 2.02. The van der Waals surface area contributed by atoms with E-state index in [2.05, 4.69) is 23.9 Å². The van der Waals surface area contributed by atoms with Crippen LogP contribution in [0.3, 0.4) is 0 Å². The van der Waals surface area contributed by atoms with Crippen molar-refractivity contribution >= 4 is 22.5 Å². The van der Waals surface area contributed by atoms with Crippen molar-refractivity contribution in [3.8, 4) is 0 Å². The van der Waals surface area contributed by atoms with Crippen molar-refractivity contribution < 1.29 is 9.47 Å². The van der Waals surface area contributed by atoms with Gasteiger partial charge < -0.3 is 14.8 Å². The van der Waals surface area contributed by atoms with Crippen LogP contribution in [0, 0.1) is 0 Å². The zero-order chi connectivity index (χ0) is 9.78. The monoisotopic (exact) mass is 225 g/mol. The fraction of sp³-hybridized carbons (Fsp3) is 1.00. The molecule has 0 atom stereocenters. The average Bonchev–Trinajstić information content (AvgIpc) is 2.16. The summed E-state index contributed by atoms with van der Waals surface area (Å²) in [6.45, 7) is 6.88. The molecule has 0 aromatic rings. The highest BCUT2D eigenvalue weighted by Gasteiger charge is 1.89. The first-order valence-electron chi connectivity index (χ1n) is 4.54. The van der Waals surface area contributed by atoms with E-state index in [9.17, 15) is 0 Å². The van der Waals surface area contributed by atoms with Gasteiger partial charge in [0.15, 0.2) is 0 Å². The van der Waals surface area contributed by atoms with Crippen molar-refractivity contribution in [1.29, 1.82) is 0 Å². The number of hydrogen-bond donors (Lipinski definition) is 2. The van der Waals surface area contributed by atoms with Crippen LogP contribution in [0.25, 0.3) is 0 Å². The summed E-state index contributed by atoms with van der Waals surface area (Å²) in [5, 5.41) is 3.18. The van der Waals surface area contributed by atoms with Crippen LogP contribution in [-0.2, 0) is 9.47 Å². The summed E-state index contributed by atoms with van der Waals surface area (Å²) in [6, 6.07) is 0. The first kappa shape index (κ1) is 13.6. The van der Waals surface area contributed by atoms with Crippen LogP contribution in [0.1, 0.15) is 6.92 Å². The maximum Gasteiger partial charge on any atom is 0.0701 e. The van der Waals surface area contributed by atoms with Crippen molar-refractivity contribution in [2.45, 2.75) is 6.92 Å². The van der Waals surface area contributed by atoms with Crippen molar-refractivity contribution in [3.63, 3.8) is 0 Å². The lowest BCUT2D eigenvalue weighted by Gasteiger charge is -2.05. The second kappa shape index (κ2) is 12.6. The molecule has 1 N–H and O–H groups in total. The Hall–Kier alpha value is 0.580. The van der Waals surface area contributed by atoms with Gasteiger partial charge in [0.05, 0.1) is 26.4 Å². The van der Waals surface area contributed by atoms with E-state index in [0.29, 0.717) is 13.2 Å². The Kier molecular flexibility index (Phi) is 13.1. The van der Waals surface area contributed by atoms with Gasteiger partial charge in [-0.25, -0.2) is 0 Å². The standard InChI is InChI=1S/C8H19NO2S2/c1-2-9-3-4-10-5-6-11-7-8-13-12/h9,12H,2-8H2,1H3. The number of rotatable bonds is 10. The third-order valence-electron chi connectivity index (χ3n) is 1.36. The molecule has 0 radical (unpaired) electrons. The molecule has 0 aliphatic heterocycles. The van der Waals surface area contributed by atoms with Gasteiger partial charge in [-0.1, -0.05) is 17.7 Å². The molecular formula is C8H19NO2S2. The molecule has 0 amide bonds. The molecule has 0 aliphatic rings. The molecule has 0 aromatic carbocycles. The predicted octanol–water partition coefficient (Wildman–Crippen LogP) is 1.21. The quantitative estimate of drug-likeness (QED) is 0.332. The molecule has 0 saturated carbocycles. The topological polar surface area (TPSA) is 30.5 Å². The smallest absolute Gasteiger partial charge is 0.0701 e. The molecule has 0 bridgehead atoms. The highest BCUT2D eigenvalue weighted by molar-refractivity contribution is 8.68. The average molecular weight is 225 g/mol. The Morgan fingerprint density at radius 1 is 1.15 bits per heavy atom. The Morgan fingerprint density at radius 2 is 1.85 bits per heavy atom. The van der Waals surface area contributed by atoms with Gasteiger partial charge in [-0.3, -0.25) is 0 Å². The normalized spacial score (nSPS) is 10.6. The Bertz CT molecular complexity index is 86.2. The first-order chi connectivity index (χ1) is 6.41. The Labute approximate surface area is 89.7 Å². The number of likely N-dealkylation sites (N-methyl/N-ethyl adjacent to an activating group) is 1. The summed E-state index contributed by atoms with van der Waals surface area (Å²) in [7, 11) is 1.50. The van der Waals surface area contributed by atoms with Gasteiger partial charge in [0.2, 0.25) is 0 Å². The molecule has 0 spiro atoms. The van der Waals surface area contributed by atoms with Crippen LogP contribution in [0.4, 0.5) is 0 Å². The minimum Gasteiger partial charge on any atom is -0.378 e. The van der Waals surface area contributed by atoms with Gasteiger partial charge in [0.1, 0.15) is 0 Å². The minimum atomic E-state index is 0.681. The molecule has 0 fully saturated rings. The molecular weight excluding hydrogens is 206 g/mol. The van der Waals surface area contributed by atoms with E-state index in [1.807, 2.05) is 0 Å². The third kappa shape index (κ3) is 12.6. The summed E-state index contributed by atoms with van der Waals surface area (Å²) in [4.78, 5) is 0. The molecule has 80 valence electrons. The van der Waals surface area contributed by atoms with E-state index in [1.165, 1.54) is 10.8 Å². The Morgan fingerprint density at radius 3 is 2.46 bits per heavy atom. The van der Waals surface area contributed by atoms with E-state index in [0.717, 1.165) is 32.1 Å². The molecule has 0 aliphatic carbocycles.